The van der Waals surface area contributed by atoms with Crippen molar-refractivity contribution >= 4 is 0 Å². The van der Waals surface area contributed by atoms with Crippen LogP contribution in [0.15, 0.2) is 0 Å². The van der Waals surface area contributed by atoms with Crippen LogP contribution in [-0.2, 0) is 0 Å². The summed E-state index contributed by atoms with van der Waals surface area (Å²) >= 11 is 0. The van der Waals surface area contributed by atoms with Crippen LogP contribution in [0.4, 0.5) is 0 Å². The van der Waals surface area contributed by atoms with Crippen molar-refractivity contribution in [1.29, 1.82) is 0 Å². The molecule has 0 aromatic heterocycles. The van der Waals surface area contributed by atoms with Crippen molar-refractivity contribution in [2.75, 3.05) is 0 Å². The van der Waals surface area contributed by atoms with Gasteiger partial charge in [0.05, 0.1) is 6.10 Å². The van der Waals surface area contributed by atoms with E-state index in [1.807, 2.05) is 0 Å². The van der Waals surface area contributed by atoms with Gasteiger partial charge >= 0.3 is 0 Å². The largest absolute Gasteiger partial charge is 0.393 e. The number of aliphatic hydroxyl groups is 1. The molecule has 0 aromatic carbocycles. The maximum Gasteiger partial charge on any atom is 0.0545 e. The Balaban J connectivity index is 2.34. The Hall–Kier alpha value is -0.0400. The Morgan fingerprint density at radius 1 is 1.00 bits per heavy atom. The van der Waals surface area contributed by atoms with Crippen molar-refractivity contribution in [2.24, 2.45) is 11.8 Å². The van der Waals surface area contributed by atoms with E-state index in [1.165, 1.54) is 6.42 Å². The molecule has 0 aliphatic heterocycles. The summed E-state index contributed by atoms with van der Waals surface area (Å²) < 4.78 is 0. The van der Waals surface area contributed by atoms with Gasteiger partial charge < -0.3 is 5.11 Å². The van der Waals surface area contributed by atoms with Gasteiger partial charge in [0, 0.05) is 0 Å². The lowest BCUT2D eigenvalue weighted by molar-refractivity contribution is 0.0804. The fourth-order valence-corrected chi connectivity index (χ4v) is 1.90. The molecule has 1 heteroatoms. The van der Waals surface area contributed by atoms with Crippen LogP contribution in [-0.4, -0.2) is 11.2 Å². The predicted octanol–water partition coefficient (Wildman–Crippen LogP) is 1.80. The first kappa shape index (κ1) is 7.07. The first-order valence-corrected chi connectivity index (χ1v) is 3.86. The molecule has 0 aromatic rings. The molecular weight excluding hydrogens is 112 g/mol. The monoisotopic (exact) mass is 128 g/mol. The molecule has 1 aliphatic carbocycles. The standard InChI is InChI=1S/C8H16O/c1-6-3-7(2)5-8(9)4-6/h6-9H,3-5H2,1-2H3/t6-,7?,8?/m0/s1. The van der Waals surface area contributed by atoms with Crippen LogP contribution >= 0.6 is 0 Å². The molecule has 0 heterocycles. The van der Waals surface area contributed by atoms with Crippen molar-refractivity contribution in [1.82, 2.24) is 0 Å². The molecule has 1 aliphatic rings. The molecule has 0 amide bonds. The van der Waals surface area contributed by atoms with Crippen LogP contribution in [0.5, 0.6) is 0 Å². The van der Waals surface area contributed by atoms with E-state index >= 15 is 0 Å². The van der Waals surface area contributed by atoms with Crippen molar-refractivity contribution in [3.05, 3.63) is 0 Å². The van der Waals surface area contributed by atoms with Crippen LogP contribution < -0.4 is 0 Å². The van der Waals surface area contributed by atoms with Crippen LogP contribution in [0, 0.1) is 11.8 Å². The molecule has 1 rings (SSSR count). The number of aliphatic hydroxyl groups excluding tert-OH is 1. The Bertz CT molecular complexity index is 65.5. The molecule has 0 spiro atoms. The van der Waals surface area contributed by atoms with Crippen LogP contribution in [0.1, 0.15) is 33.1 Å². The van der Waals surface area contributed by atoms with Crippen LogP contribution in [0.25, 0.3) is 0 Å². The number of rotatable bonds is 0. The van der Waals surface area contributed by atoms with E-state index in [-0.39, 0.29) is 6.10 Å². The molecule has 0 bridgehead atoms. The highest BCUT2D eigenvalue weighted by molar-refractivity contribution is 4.73. The summed E-state index contributed by atoms with van der Waals surface area (Å²) in [6, 6.07) is 0. The molecule has 1 saturated carbocycles. The summed E-state index contributed by atoms with van der Waals surface area (Å²) in [4.78, 5) is 0. The zero-order chi connectivity index (χ0) is 6.85. The maximum absolute atomic E-state index is 9.25. The zero-order valence-corrected chi connectivity index (χ0v) is 6.30. The lowest BCUT2D eigenvalue weighted by Crippen LogP contribution is -2.22. The minimum Gasteiger partial charge on any atom is -0.393 e. The van der Waals surface area contributed by atoms with Crippen molar-refractivity contribution in [2.45, 2.75) is 39.2 Å². The van der Waals surface area contributed by atoms with Gasteiger partial charge in [-0.2, -0.15) is 0 Å². The van der Waals surface area contributed by atoms with E-state index in [9.17, 15) is 5.11 Å². The van der Waals surface area contributed by atoms with Crippen LogP contribution in [0.2, 0.25) is 0 Å². The molecule has 1 nitrogen and oxygen atoms in total. The van der Waals surface area contributed by atoms with Gasteiger partial charge in [-0.3, -0.25) is 0 Å². The second kappa shape index (κ2) is 2.70. The Kier molecular flexibility index (Phi) is 2.12. The predicted molar refractivity (Wildman–Crippen MR) is 38.2 cm³/mol. The van der Waals surface area contributed by atoms with Crippen molar-refractivity contribution < 1.29 is 5.11 Å². The lowest BCUT2D eigenvalue weighted by atomic mass is 9.82. The lowest BCUT2D eigenvalue weighted by Gasteiger charge is -2.27. The summed E-state index contributed by atoms with van der Waals surface area (Å²) in [6.07, 6.45) is 3.33. The van der Waals surface area contributed by atoms with E-state index in [0.29, 0.717) is 0 Å². The molecule has 0 radical (unpaired) electrons. The molecule has 3 atom stereocenters. The second-order valence-corrected chi connectivity index (χ2v) is 3.57. The molecule has 0 saturated heterocycles. The highest BCUT2D eigenvalue weighted by atomic mass is 16.3. The van der Waals surface area contributed by atoms with Gasteiger partial charge in [-0.25, -0.2) is 0 Å². The normalized spacial score (nSPS) is 45.0. The van der Waals surface area contributed by atoms with E-state index < -0.39 is 0 Å². The fraction of sp³-hybridized carbons (Fsp3) is 1.00. The summed E-state index contributed by atoms with van der Waals surface area (Å²) in [5.41, 5.74) is 0. The molecule has 1 N–H and O–H groups in total. The third-order valence-corrected chi connectivity index (χ3v) is 2.15. The topological polar surface area (TPSA) is 20.2 Å². The van der Waals surface area contributed by atoms with Gasteiger partial charge in [0.1, 0.15) is 0 Å². The van der Waals surface area contributed by atoms with Gasteiger partial charge in [0.2, 0.25) is 0 Å². The highest BCUT2D eigenvalue weighted by Crippen LogP contribution is 2.27. The molecule has 54 valence electrons. The van der Waals surface area contributed by atoms with Crippen molar-refractivity contribution in [3.8, 4) is 0 Å². The third kappa shape index (κ3) is 1.98. The average molecular weight is 128 g/mol. The van der Waals surface area contributed by atoms with E-state index in [0.717, 1.165) is 24.7 Å². The molecule has 2 unspecified atom stereocenters. The maximum atomic E-state index is 9.25. The summed E-state index contributed by atoms with van der Waals surface area (Å²) in [7, 11) is 0. The smallest absolute Gasteiger partial charge is 0.0545 e. The first-order valence-electron chi connectivity index (χ1n) is 3.86. The average Bonchev–Trinajstić information content (AvgIpc) is 1.59. The van der Waals surface area contributed by atoms with E-state index in [1.54, 1.807) is 0 Å². The Labute approximate surface area is 57.1 Å². The highest BCUT2D eigenvalue weighted by Gasteiger charge is 2.21. The number of hydrogen-bond donors (Lipinski definition) is 1. The minimum absolute atomic E-state index is 0.0104. The number of hydrogen-bond acceptors (Lipinski definition) is 1. The molecule has 9 heavy (non-hydrogen) atoms. The van der Waals surface area contributed by atoms with Gasteiger partial charge in [-0.15, -0.1) is 0 Å². The summed E-state index contributed by atoms with van der Waals surface area (Å²) in [5, 5.41) is 9.25. The van der Waals surface area contributed by atoms with E-state index in [4.69, 9.17) is 0 Å². The summed E-state index contributed by atoms with van der Waals surface area (Å²) in [5.74, 6) is 1.48. The Morgan fingerprint density at radius 2 is 1.44 bits per heavy atom. The van der Waals surface area contributed by atoms with E-state index in [2.05, 4.69) is 13.8 Å². The van der Waals surface area contributed by atoms with Gasteiger partial charge in [-0.05, 0) is 31.1 Å². The minimum atomic E-state index is -0.0104. The fourth-order valence-electron chi connectivity index (χ4n) is 1.90. The third-order valence-electron chi connectivity index (χ3n) is 2.15. The van der Waals surface area contributed by atoms with Gasteiger partial charge in [0.25, 0.3) is 0 Å². The summed E-state index contributed by atoms with van der Waals surface area (Å²) in [6.45, 7) is 4.44. The second-order valence-electron chi connectivity index (χ2n) is 3.57. The van der Waals surface area contributed by atoms with Gasteiger partial charge in [-0.1, -0.05) is 13.8 Å². The van der Waals surface area contributed by atoms with Gasteiger partial charge in [0.15, 0.2) is 0 Å². The van der Waals surface area contributed by atoms with Crippen LogP contribution in [0.3, 0.4) is 0 Å². The zero-order valence-electron chi connectivity index (χ0n) is 6.30. The molecule has 1 fully saturated rings. The Morgan fingerprint density at radius 3 is 1.78 bits per heavy atom. The molecular formula is C8H16O. The first-order chi connectivity index (χ1) is 4.18. The SMILES string of the molecule is CC1CC(O)C[C@@H](C)C1. The quantitative estimate of drug-likeness (QED) is 0.527. The van der Waals surface area contributed by atoms with Crippen molar-refractivity contribution in [3.63, 3.8) is 0 Å².